The predicted octanol–water partition coefficient (Wildman–Crippen LogP) is 2.98. The van der Waals surface area contributed by atoms with Crippen molar-refractivity contribution in [3.05, 3.63) is 11.9 Å². The van der Waals surface area contributed by atoms with Crippen molar-refractivity contribution in [2.75, 3.05) is 6.54 Å². The summed E-state index contributed by atoms with van der Waals surface area (Å²) in [6, 6.07) is 0.538. The molecule has 2 rings (SSSR count). The molecule has 0 bridgehead atoms. The predicted molar refractivity (Wildman–Crippen MR) is 89.4 cm³/mol. The number of carboxylic acid groups (broad SMARTS) is 1. The van der Waals surface area contributed by atoms with Gasteiger partial charge in [0.1, 0.15) is 0 Å². The van der Waals surface area contributed by atoms with Gasteiger partial charge in [-0.05, 0) is 37.1 Å². The summed E-state index contributed by atoms with van der Waals surface area (Å²) in [5.41, 5.74) is 0.0246. The molecule has 0 unspecified atom stereocenters. The SMILES string of the molecule is CC(C)C(CN[C@@H]1CCCC[C@@H]1n1cc(C(=O)O)nn1)C(C)C. The van der Waals surface area contributed by atoms with Crippen molar-refractivity contribution >= 4 is 5.97 Å². The van der Waals surface area contributed by atoms with Crippen molar-refractivity contribution in [2.24, 2.45) is 17.8 Å². The number of hydrogen-bond donors (Lipinski definition) is 2. The van der Waals surface area contributed by atoms with Crippen LogP contribution in [0.4, 0.5) is 0 Å². The molecule has 1 heterocycles. The first kappa shape index (κ1) is 17.9. The number of aromatic nitrogens is 3. The van der Waals surface area contributed by atoms with E-state index < -0.39 is 5.97 Å². The van der Waals surface area contributed by atoms with Crippen LogP contribution in [-0.4, -0.2) is 38.7 Å². The van der Waals surface area contributed by atoms with E-state index in [9.17, 15) is 4.79 Å². The molecular formula is C17H30N4O2. The molecule has 0 spiro atoms. The van der Waals surface area contributed by atoms with E-state index in [2.05, 4.69) is 43.3 Å². The molecule has 1 saturated carbocycles. The van der Waals surface area contributed by atoms with E-state index in [1.165, 1.54) is 6.42 Å². The second-order valence-corrected chi connectivity index (χ2v) is 7.41. The minimum Gasteiger partial charge on any atom is -0.476 e. The van der Waals surface area contributed by atoms with Gasteiger partial charge in [0, 0.05) is 6.04 Å². The normalized spacial score (nSPS) is 22.2. The molecule has 0 aromatic carbocycles. The van der Waals surface area contributed by atoms with Gasteiger partial charge in [0.05, 0.1) is 12.2 Å². The fourth-order valence-electron chi connectivity index (χ4n) is 3.73. The van der Waals surface area contributed by atoms with Crippen LogP contribution in [-0.2, 0) is 0 Å². The second kappa shape index (κ2) is 7.90. The van der Waals surface area contributed by atoms with Crippen LogP contribution >= 0.6 is 0 Å². The zero-order valence-corrected chi connectivity index (χ0v) is 14.7. The Morgan fingerprint density at radius 1 is 1.30 bits per heavy atom. The van der Waals surface area contributed by atoms with Crippen molar-refractivity contribution in [1.29, 1.82) is 0 Å². The van der Waals surface area contributed by atoms with Gasteiger partial charge >= 0.3 is 5.97 Å². The van der Waals surface area contributed by atoms with E-state index in [1.54, 1.807) is 10.9 Å². The third kappa shape index (κ3) is 4.53. The Labute approximate surface area is 138 Å². The first-order valence-corrected chi connectivity index (χ1v) is 8.78. The topological polar surface area (TPSA) is 80.0 Å². The molecule has 23 heavy (non-hydrogen) atoms. The lowest BCUT2D eigenvalue weighted by Crippen LogP contribution is -2.43. The molecule has 0 aliphatic heterocycles. The molecule has 0 amide bonds. The highest BCUT2D eigenvalue weighted by Crippen LogP contribution is 2.29. The zero-order chi connectivity index (χ0) is 17.0. The Morgan fingerprint density at radius 3 is 2.52 bits per heavy atom. The van der Waals surface area contributed by atoms with E-state index in [-0.39, 0.29) is 11.7 Å². The minimum absolute atomic E-state index is 0.0246. The molecular weight excluding hydrogens is 292 g/mol. The maximum atomic E-state index is 11.0. The van der Waals surface area contributed by atoms with Gasteiger partial charge in [-0.3, -0.25) is 0 Å². The summed E-state index contributed by atoms with van der Waals surface area (Å²) >= 11 is 0. The fraction of sp³-hybridized carbons (Fsp3) is 0.824. The van der Waals surface area contributed by atoms with Crippen molar-refractivity contribution in [3.8, 4) is 0 Å². The van der Waals surface area contributed by atoms with Crippen LogP contribution in [0.2, 0.25) is 0 Å². The molecule has 6 heteroatoms. The third-order valence-corrected chi connectivity index (χ3v) is 5.13. The minimum atomic E-state index is -1.02. The standard InChI is InChI=1S/C17H30N4O2/c1-11(2)13(12(3)4)9-18-14-7-5-6-8-16(14)21-10-15(17(22)23)19-20-21/h10-14,16,18H,5-9H2,1-4H3,(H,22,23)/t14-,16+/m1/s1. The van der Waals surface area contributed by atoms with Gasteiger partial charge in [-0.2, -0.15) is 0 Å². The van der Waals surface area contributed by atoms with Crippen LogP contribution in [0.5, 0.6) is 0 Å². The molecule has 1 aliphatic rings. The van der Waals surface area contributed by atoms with E-state index in [4.69, 9.17) is 5.11 Å². The van der Waals surface area contributed by atoms with Crippen molar-refractivity contribution in [1.82, 2.24) is 20.3 Å². The molecule has 130 valence electrons. The average molecular weight is 322 g/mol. The quantitative estimate of drug-likeness (QED) is 0.806. The Hall–Kier alpha value is -1.43. The van der Waals surface area contributed by atoms with E-state index in [0.717, 1.165) is 25.8 Å². The average Bonchev–Trinajstić information content (AvgIpc) is 2.97. The van der Waals surface area contributed by atoms with Gasteiger partial charge < -0.3 is 10.4 Å². The highest BCUT2D eigenvalue weighted by atomic mass is 16.4. The number of rotatable bonds is 7. The molecule has 1 aromatic rings. The van der Waals surface area contributed by atoms with E-state index >= 15 is 0 Å². The number of nitrogens with zero attached hydrogens (tertiary/aromatic N) is 3. The first-order chi connectivity index (χ1) is 10.9. The number of hydrogen-bond acceptors (Lipinski definition) is 4. The lowest BCUT2D eigenvalue weighted by Gasteiger charge is -2.34. The molecule has 0 saturated heterocycles. The largest absolute Gasteiger partial charge is 0.476 e. The highest BCUT2D eigenvalue weighted by molar-refractivity contribution is 5.84. The van der Waals surface area contributed by atoms with Gasteiger partial charge in [0.15, 0.2) is 5.69 Å². The summed E-state index contributed by atoms with van der Waals surface area (Å²) in [7, 11) is 0. The molecule has 1 aliphatic carbocycles. The third-order valence-electron chi connectivity index (χ3n) is 5.13. The van der Waals surface area contributed by atoms with Crippen LogP contribution in [0.25, 0.3) is 0 Å². The molecule has 1 aromatic heterocycles. The van der Waals surface area contributed by atoms with Gasteiger partial charge in [0.2, 0.25) is 0 Å². The maximum absolute atomic E-state index is 11.0. The second-order valence-electron chi connectivity index (χ2n) is 7.41. The van der Waals surface area contributed by atoms with Gasteiger partial charge in [-0.15, -0.1) is 5.10 Å². The summed E-state index contributed by atoms with van der Waals surface area (Å²) in [5, 5.41) is 20.6. The Kier molecular flexibility index (Phi) is 6.16. The monoisotopic (exact) mass is 322 g/mol. The van der Waals surface area contributed by atoms with Crippen LogP contribution in [0, 0.1) is 17.8 Å². The van der Waals surface area contributed by atoms with Crippen molar-refractivity contribution in [2.45, 2.75) is 65.5 Å². The summed E-state index contributed by atoms with van der Waals surface area (Å²) in [6.45, 7) is 10.1. The van der Waals surface area contributed by atoms with Gasteiger partial charge in [-0.25, -0.2) is 9.48 Å². The number of aromatic carboxylic acids is 1. The lowest BCUT2D eigenvalue weighted by molar-refractivity contribution is 0.0690. The van der Waals surface area contributed by atoms with Gasteiger partial charge in [0.25, 0.3) is 0 Å². The van der Waals surface area contributed by atoms with Crippen LogP contribution in [0.15, 0.2) is 6.20 Å². The number of carboxylic acids is 1. The van der Waals surface area contributed by atoms with Gasteiger partial charge in [-0.1, -0.05) is 45.7 Å². The molecule has 2 atom stereocenters. The van der Waals surface area contributed by atoms with E-state index in [1.807, 2.05) is 0 Å². The summed E-state index contributed by atoms with van der Waals surface area (Å²) < 4.78 is 1.75. The van der Waals surface area contributed by atoms with Crippen LogP contribution in [0.3, 0.4) is 0 Å². The highest BCUT2D eigenvalue weighted by Gasteiger charge is 2.29. The first-order valence-electron chi connectivity index (χ1n) is 8.78. The summed E-state index contributed by atoms with van der Waals surface area (Å²) in [4.78, 5) is 11.0. The summed E-state index contributed by atoms with van der Waals surface area (Å²) in [5.74, 6) is 0.920. The molecule has 2 N–H and O–H groups in total. The van der Waals surface area contributed by atoms with Crippen molar-refractivity contribution in [3.63, 3.8) is 0 Å². The van der Waals surface area contributed by atoms with E-state index in [0.29, 0.717) is 23.8 Å². The number of carbonyl (C=O) groups is 1. The summed E-state index contributed by atoms with van der Waals surface area (Å²) in [6.07, 6.45) is 6.06. The van der Waals surface area contributed by atoms with Crippen LogP contribution < -0.4 is 5.32 Å². The lowest BCUT2D eigenvalue weighted by atomic mass is 9.84. The molecule has 0 radical (unpaired) electrons. The Bertz CT molecular complexity index is 504. The smallest absolute Gasteiger partial charge is 0.358 e. The fourth-order valence-corrected chi connectivity index (χ4v) is 3.73. The Morgan fingerprint density at radius 2 is 1.96 bits per heavy atom. The number of nitrogens with one attached hydrogen (secondary N) is 1. The molecule has 6 nitrogen and oxygen atoms in total. The molecule has 1 fully saturated rings. The zero-order valence-electron chi connectivity index (χ0n) is 14.7. The van der Waals surface area contributed by atoms with Crippen LogP contribution in [0.1, 0.15) is 69.9 Å². The van der Waals surface area contributed by atoms with Crippen molar-refractivity contribution < 1.29 is 9.90 Å². The maximum Gasteiger partial charge on any atom is 0.358 e. The Balaban J connectivity index is 2.04.